The summed E-state index contributed by atoms with van der Waals surface area (Å²) in [6.07, 6.45) is 2.87. The lowest BCUT2D eigenvalue weighted by atomic mass is 10.1. The lowest BCUT2D eigenvalue weighted by Crippen LogP contribution is -2.29. The molecule has 0 radical (unpaired) electrons. The van der Waals surface area contributed by atoms with Gasteiger partial charge < -0.3 is 25.1 Å². The summed E-state index contributed by atoms with van der Waals surface area (Å²) >= 11 is 0. The molecule has 0 aliphatic carbocycles. The molecule has 0 atom stereocenters. The number of methoxy groups -OCH3 is 2. The van der Waals surface area contributed by atoms with Gasteiger partial charge in [-0.05, 0) is 36.7 Å². The van der Waals surface area contributed by atoms with Crippen LogP contribution in [-0.2, 0) is 11.2 Å². The first-order valence-corrected chi connectivity index (χ1v) is 8.49. The summed E-state index contributed by atoms with van der Waals surface area (Å²) in [7, 11) is 3.15. The van der Waals surface area contributed by atoms with E-state index in [0.717, 1.165) is 18.5 Å². The van der Waals surface area contributed by atoms with Gasteiger partial charge in [-0.25, -0.2) is 0 Å². The SMILES string of the molecule is COc1ccc(NC(=O)CNCCc2c[nH]c3ccccc23)c(OC)c1. The Bertz CT molecular complexity index is 889. The number of carbonyl (C=O) groups excluding carboxylic acids is 1. The van der Waals surface area contributed by atoms with Crippen LogP contribution in [0.4, 0.5) is 5.69 Å². The summed E-state index contributed by atoms with van der Waals surface area (Å²) in [6, 6.07) is 13.5. The number of fused-ring (bicyclic) bond motifs is 1. The number of carbonyl (C=O) groups is 1. The normalized spacial score (nSPS) is 10.7. The molecule has 1 amide bonds. The molecule has 0 unspecified atom stereocenters. The highest BCUT2D eigenvalue weighted by Crippen LogP contribution is 2.28. The van der Waals surface area contributed by atoms with Crippen LogP contribution < -0.4 is 20.1 Å². The average molecular weight is 353 g/mol. The van der Waals surface area contributed by atoms with Gasteiger partial charge in [0.1, 0.15) is 11.5 Å². The zero-order chi connectivity index (χ0) is 18.4. The quantitative estimate of drug-likeness (QED) is 0.544. The molecular weight excluding hydrogens is 330 g/mol. The van der Waals surface area contributed by atoms with Crippen LogP contribution in [0.5, 0.6) is 11.5 Å². The van der Waals surface area contributed by atoms with Crippen LogP contribution in [0.2, 0.25) is 0 Å². The lowest BCUT2D eigenvalue weighted by Gasteiger charge is -2.12. The second-order valence-corrected chi connectivity index (χ2v) is 5.90. The minimum atomic E-state index is -0.118. The molecule has 3 aromatic rings. The van der Waals surface area contributed by atoms with Gasteiger partial charge in [0.05, 0.1) is 26.5 Å². The Morgan fingerprint density at radius 2 is 1.96 bits per heavy atom. The fourth-order valence-corrected chi connectivity index (χ4v) is 2.86. The van der Waals surface area contributed by atoms with Crippen molar-refractivity contribution in [2.24, 2.45) is 0 Å². The second-order valence-electron chi connectivity index (χ2n) is 5.90. The second kappa shape index (κ2) is 8.40. The van der Waals surface area contributed by atoms with E-state index in [2.05, 4.69) is 27.8 Å². The van der Waals surface area contributed by atoms with Crippen molar-refractivity contribution in [1.29, 1.82) is 0 Å². The van der Waals surface area contributed by atoms with Crippen molar-refractivity contribution >= 4 is 22.5 Å². The highest BCUT2D eigenvalue weighted by molar-refractivity contribution is 5.93. The highest BCUT2D eigenvalue weighted by atomic mass is 16.5. The van der Waals surface area contributed by atoms with Gasteiger partial charge in [-0.2, -0.15) is 0 Å². The monoisotopic (exact) mass is 353 g/mol. The molecule has 0 bridgehead atoms. The van der Waals surface area contributed by atoms with Crippen LogP contribution in [0.3, 0.4) is 0 Å². The number of benzene rings is 2. The molecule has 0 aliphatic rings. The first-order valence-electron chi connectivity index (χ1n) is 8.49. The predicted molar refractivity (Wildman–Crippen MR) is 103 cm³/mol. The van der Waals surface area contributed by atoms with Crippen molar-refractivity contribution in [3.05, 3.63) is 54.2 Å². The maximum absolute atomic E-state index is 12.1. The first kappa shape index (κ1) is 17.8. The van der Waals surface area contributed by atoms with E-state index in [9.17, 15) is 4.79 Å². The minimum absolute atomic E-state index is 0.118. The Kier molecular flexibility index (Phi) is 5.76. The zero-order valence-corrected chi connectivity index (χ0v) is 15.0. The summed E-state index contributed by atoms with van der Waals surface area (Å²) < 4.78 is 10.4. The van der Waals surface area contributed by atoms with E-state index in [1.165, 1.54) is 10.9 Å². The fraction of sp³-hybridized carbons (Fsp3) is 0.250. The van der Waals surface area contributed by atoms with E-state index in [0.29, 0.717) is 17.2 Å². The van der Waals surface area contributed by atoms with Crippen molar-refractivity contribution in [1.82, 2.24) is 10.3 Å². The number of para-hydroxylation sites is 1. The Balaban J connectivity index is 1.49. The topological polar surface area (TPSA) is 75.4 Å². The van der Waals surface area contributed by atoms with Crippen LogP contribution in [0.15, 0.2) is 48.7 Å². The van der Waals surface area contributed by atoms with E-state index in [1.54, 1.807) is 32.4 Å². The Labute approximate surface area is 152 Å². The van der Waals surface area contributed by atoms with E-state index in [-0.39, 0.29) is 12.5 Å². The van der Waals surface area contributed by atoms with Crippen LogP contribution >= 0.6 is 0 Å². The highest BCUT2D eigenvalue weighted by Gasteiger charge is 2.09. The van der Waals surface area contributed by atoms with E-state index in [1.807, 2.05) is 18.3 Å². The van der Waals surface area contributed by atoms with Gasteiger partial charge in [-0.1, -0.05) is 18.2 Å². The third kappa shape index (κ3) is 4.15. The maximum atomic E-state index is 12.1. The number of H-pyrrole nitrogens is 1. The van der Waals surface area contributed by atoms with Crippen molar-refractivity contribution in [2.75, 3.05) is 32.6 Å². The van der Waals surface area contributed by atoms with Crippen molar-refractivity contribution < 1.29 is 14.3 Å². The van der Waals surface area contributed by atoms with Gasteiger partial charge in [0.15, 0.2) is 0 Å². The molecule has 136 valence electrons. The van der Waals surface area contributed by atoms with E-state index < -0.39 is 0 Å². The number of aromatic amines is 1. The Hall–Kier alpha value is -2.99. The molecule has 2 aromatic carbocycles. The molecule has 0 spiro atoms. The molecule has 0 fully saturated rings. The van der Waals surface area contributed by atoms with Crippen molar-refractivity contribution in [2.45, 2.75) is 6.42 Å². The standard InChI is InChI=1S/C20H23N3O3/c1-25-15-7-8-18(19(11-15)26-2)23-20(24)13-21-10-9-14-12-22-17-6-4-3-5-16(14)17/h3-8,11-12,21-22H,9-10,13H2,1-2H3,(H,23,24). The van der Waals surface area contributed by atoms with Crippen LogP contribution in [-0.4, -0.2) is 38.2 Å². The zero-order valence-electron chi connectivity index (χ0n) is 15.0. The molecule has 0 saturated carbocycles. The van der Waals surface area contributed by atoms with Gasteiger partial charge in [0.2, 0.25) is 5.91 Å². The molecular formula is C20H23N3O3. The third-order valence-corrected chi connectivity index (χ3v) is 4.21. The van der Waals surface area contributed by atoms with Gasteiger partial charge in [-0.3, -0.25) is 4.79 Å². The van der Waals surface area contributed by atoms with Gasteiger partial charge in [-0.15, -0.1) is 0 Å². The largest absolute Gasteiger partial charge is 0.497 e. The number of hydrogen-bond acceptors (Lipinski definition) is 4. The molecule has 26 heavy (non-hydrogen) atoms. The number of amides is 1. The molecule has 0 saturated heterocycles. The van der Waals surface area contributed by atoms with Crippen molar-refractivity contribution in [3.63, 3.8) is 0 Å². The number of rotatable bonds is 8. The number of anilines is 1. The van der Waals surface area contributed by atoms with Crippen LogP contribution in [0, 0.1) is 0 Å². The molecule has 3 N–H and O–H groups in total. The summed E-state index contributed by atoms with van der Waals surface area (Å²) in [5.41, 5.74) is 2.99. The first-order chi connectivity index (χ1) is 12.7. The number of aromatic nitrogens is 1. The summed E-state index contributed by atoms with van der Waals surface area (Å²) in [6.45, 7) is 0.951. The number of hydrogen-bond donors (Lipinski definition) is 3. The molecule has 1 aromatic heterocycles. The lowest BCUT2D eigenvalue weighted by molar-refractivity contribution is -0.115. The molecule has 3 rings (SSSR count). The predicted octanol–water partition coefficient (Wildman–Crippen LogP) is 2.96. The molecule has 6 heteroatoms. The summed E-state index contributed by atoms with van der Waals surface area (Å²) in [4.78, 5) is 15.4. The number of nitrogens with one attached hydrogen (secondary N) is 3. The summed E-state index contributed by atoms with van der Waals surface area (Å²) in [5.74, 6) is 1.13. The van der Waals surface area contributed by atoms with E-state index in [4.69, 9.17) is 9.47 Å². The van der Waals surface area contributed by atoms with Crippen LogP contribution in [0.25, 0.3) is 10.9 Å². The number of ether oxygens (including phenoxy) is 2. The smallest absolute Gasteiger partial charge is 0.238 e. The van der Waals surface area contributed by atoms with Gasteiger partial charge in [0, 0.05) is 23.2 Å². The third-order valence-electron chi connectivity index (χ3n) is 4.21. The molecule has 0 aliphatic heterocycles. The maximum Gasteiger partial charge on any atom is 0.238 e. The average Bonchev–Trinajstić information content (AvgIpc) is 3.08. The van der Waals surface area contributed by atoms with Crippen molar-refractivity contribution in [3.8, 4) is 11.5 Å². The molecule has 6 nitrogen and oxygen atoms in total. The van der Waals surface area contributed by atoms with Gasteiger partial charge >= 0.3 is 0 Å². The molecule has 1 heterocycles. The van der Waals surface area contributed by atoms with Gasteiger partial charge in [0.25, 0.3) is 0 Å². The van der Waals surface area contributed by atoms with E-state index >= 15 is 0 Å². The fourth-order valence-electron chi connectivity index (χ4n) is 2.86. The minimum Gasteiger partial charge on any atom is -0.497 e. The Morgan fingerprint density at radius 3 is 2.77 bits per heavy atom. The Morgan fingerprint density at radius 1 is 1.12 bits per heavy atom. The van der Waals surface area contributed by atoms with Crippen LogP contribution in [0.1, 0.15) is 5.56 Å². The summed E-state index contributed by atoms with van der Waals surface area (Å²) in [5, 5.41) is 7.25.